The van der Waals surface area contributed by atoms with Crippen molar-refractivity contribution in [1.29, 1.82) is 0 Å². The van der Waals surface area contributed by atoms with Crippen LogP contribution < -0.4 is 5.32 Å². The van der Waals surface area contributed by atoms with E-state index in [9.17, 15) is 9.90 Å². The van der Waals surface area contributed by atoms with Crippen LogP contribution in [0.3, 0.4) is 0 Å². The van der Waals surface area contributed by atoms with E-state index in [0.29, 0.717) is 6.42 Å². The quantitative estimate of drug-likeness (QED) is 0.731. The minimum Gasteiger partial charge on any atom is -0.508 e. The van der Waals surface area contributed by atoms with E-state index in [4.69, 9.17) is 0 Å². The smallest absolute Gasteiger partial charge is 0.307 e. The van der Waals surface area contributed by atoms with Gasteiger partial charge in [0.2, 0.25) is 0 Å². The molecule has 86 valence electrons. The van der Waals surface area contributed by atoms with E-state index < -0.39 is 0 Å². The molecule has 0 amide bonds. The number of phenolic OH excluding ortho intramolecular Hbond substituents is 1. The molecule has 16 heavy (non-hydrogen) atoms. The summed E-state index contributed by atoms with van der Waals surface area (Å²) >= 11 is 0. The molecule has 2 N–H and O–H groups in total. The minimum atomic E-state index is -0.207. The Labute approximate surface area is 94.2 Å². The van der Waals surface area contributed by atoms with Gasteiger partial charge in [0, 0.05) is 12.6 Å². The van der Waals surface area contributed by atoms with Crippen LogP contribution in [0.5, 0.6) is 5.75 Å². The standard InChI is InChI=1S/C12H15NO3/c1-16-12(15)6-10-4-9-5-11(14)3-2-8(9)7-13-10/h2-3,5,10,13-14H,4,6-7H2,1H3. The molecule has 0 aliphatic carbocycles. The van der Waals surface area contributed by atoms with E-state index >= 15 is 0 Å². The molecule has 4 heteroatoms. The van der Waals surface area contributed by atoms with Gasteiger partial charge in [-0.3, -0.25) is 4.79 Å². The second kappa shape index (κ2) is 4.53. The molecule has 1 heterocycles. The molecule has 0 spiro atoms. The summed E-state index contributed by atoms with van der Waals surface area (Å²) in [6.45, 7) is 0.733. The van der Waals surface area contributed by atoms with Gasteiger partial charge in [0.05, 0.1) is 13.5 Å². The Kier molecular flexibility index (Phi) is 3.10. The van der Waals surface area contributed by atoms with Gasteiger partial charge in [0.25, 0.3) is 0 Å². The molecule has 1 aliphatic rings. The maximum atomic E-state index is 11.1. The van der Waals surface area contributed by atoms with E-state index in [0.717, 1.165) is 18.5 Å². The predicted molar refractivity (Wildman–Crippen MR) is 59.1 cm³/mol. The molecule has 1 aromatic rings. The van der Waals surface area contributed by atoms with Gasteiger partial charge in [-0.2, -0.15) is 0 Å². The monoisotopic (exact) mass is 221 g/mol. The van der Waals surface area contributed by atoms with Gasteiger partial charge in [0.1, 0.15) is 5.75 Å². The number of ether oxygens (including phenoxy) is 1. The number of carbonyl (C=O) groups excluding carboxylic acids is 1. The van der Waals surface area contributed by atoms with Gasteiger partial charge >= 0.3 is 5.97 Å². The Morgan fingerprint density at radius 3 is 3.12 bits per heavy atom. The van der Waals surface area contributed by atoms with Crippen molar-refractivity contribution in [2.24, 2.45) is 0 Å². The van der Waals surface area contributed by atoms with Gasteiger partial charge in [-0.15, -0.1) is 0 Å². The Bertz CT molecular complexity index is 403. The number of aromatic hydroxyl groups is 1. The molecule has 0 saturated carbocycles. The topological polar surface area (TPSA) is 58.6 Å². The van der Waals surface area contributed by atoms with Crippen LogP contribution >= 0.6 is 0 Å². The number of hydrogen-bond acceptors (Lipinski definition) is 4. The summed E-state index contributed by atoms with van der Waals surface area (Å²) in [6, 6.07) is 5.45. The fourth-order valence-electron chi connectivity index (χ4n) is 2.00. The molecular formula is C12H15NO3. The SMILES string of the molecule is COC(=O)CC1Cc2cc(O)ccc2CN1. The molecule has 0 radical (unpaired) electrons. The number of nitrogens with one attached hydrogen (secondary N) is 1. The lowest BCUT2D eigenvalue weighted by molar-refractivity contribution is -0.141. The highest BCUT2D eigenvalue weighted by Gasteiger charge is 2.20. The Morgan fingerprint density at radius 2 is 2.38 bits per heavy atom. The maximum absolute atomic E-state index is 11.1. The number of hydrogen-bond donors (Lipinski definition) is 2. The molecule has 1 aromatic carbocycles. The number of methoxy groups -OCH3 is 1. The first-order chi connectivity index (χ1) is 7.69. The fraction of sp³-hybridized carbons (Fsp3) is 0.417. The van der Waals surface area contributed by atoms with E-state index in [1.165, 1.54) is 12.7 Å². The van der Waals surface area contributed by atoms with Gasteiger partial charge < -0.3 is 15.2 Å². The van der Waals surface area contributed by atoms with Crippen LogP contribution in [0.2, 0.25) is 0 Å². The summed E-state index contributed by atoms with van der Waals surface area (Å²) in [5.74, 6) is 0.0681. The first-order valence-electron chi connectivity index (χ1n) is 5.30. The summed E-state index contributed by atoms with van der Waals surface area (Å²) in [5.41, 5.74) is 2.28. The number of benzene rings is 1. The lowest BCUT2D eigenvalue weighted by atomic mass is 9.94. The molecule has 1 aliphatic heterocycles. The van der Waals surface area contributed by atoms with Crippen molar-refractivity contribution < 1.29 is 14.6 Å². The van der Waals surface area contributed by atoms with Crippen molar-refractivity contribution >= 4 is 5.97 Å². The zero-order valence-corrected chi connectivity index (χ0v) is 9.19. The second-order valence-electron chi connectivity index (χ2n) is 4.02. The largest absolute Gasteiger partial charge is 0.508 e. The molecule has 0 aromatic heterocycles. The number of rotatable bonds is 2. The van der Waals surface area contributed by atoms with Crippen molar-refractivity contribution in [3.63, 3.8) is 0 Å². The molecule has 4 nitrogen and oxygen atoms in total. The molecule has 1 unspecified atom stereocenters. The fourth-order valence-corrected chi connectivity index (χ4v) is 2.00. The van der Waals surface area contributed by atoms with Crippen LogP contribution in [0.1, 0.15) is 17.5 Å². The number of phenols is 1. The van der Waals surface area contributed by atoms with E-state index in [-0.39, 0.29) is 17.8 Å². The zero-order valence-electron chi connectivity index (χ0n) is 9.19. The third-order valence-corrected chi connectivity index (χ3v) is 2.88. The van der Waals surface area contributed by atoms with Crippen molar-refractivity contribution in [1.82, 2.24) is 5.32 Å². The Morgan fingerprint density at radius 1 is 1.56 bits per heavy atom. The highest BCUT2D eigenvalue weighted by atomic mass is 16.5. The first-order valence-corrected chi connectivity index (χ1v) is 5.30. The number of esters is 1. The normalized spacial score (nSPS) is 18.9. The van der Waals surface area contributed by atoms with Crippen LogP contribution in [-0.4, -0.2) is 24.2 Å². The van der Waals surface area contributed by atoms with Gasteiger partial charge in [-0.1, -0.05) is 6.07 Å². The van der Waals surface area contributed by atoms with Crippen molar-refractivity contribution in [2.75, 3.05) is 7.11 Å². The van der Waals surface area contributed by atoms with Crippen molar-refractivity contribution in [3.8, 4) is 5.75 Å². The van der Waals surface area contributed by atoms with Gasteiger partial charge in [0.15, 0.2) is 0 Å². The third kappa shape index (κ3) is 2.33. The highest BCUT2D eigenvalue weighted by Crippen LogP contribution is 2.22. The molecule has 0 fully saturated rings. The van der Waals surface area contributed by atoms with Crippen LogP contribution in [0.15, 0.2) is 18.2 Å². The summed E-state index contributed by atoms with van der Waals surface area (Å²) in [5, 5.41) is 12.7. The maximum Gasteiger partial charge on any atom is 0.307 e. The third-order valence-electron chi connectivity index (χ3n) is 2.88. The van der Waals surface area contributed by atoms with Crippen LogP contribution in [0.25, 0.3) is 0 Å². The van der Waals surface area contributed by atoms with Gasteiger partial charge in [-0.25, -0.2) is 0 Å². The highest BCUT2D eigenvalue weighted by molar-refractivity contribution is 5.70. The zero-order chi connectivity index (χ0) is 11.5. The lowest BCUT2D eigenvalue weighted by Crippen LogP contribution is -2.37. The summed E-state index contributed by atoms with van der Waals surface area (Å²) in [4.78, 5) is 11.1. The number of carbonyl (C=O) groups is 1. The van der Waals surface area contributed by atoms with Gasteiger partial charge in [-0.05, 0) is 29.7 Å². The van der Waals surface area contributed by atoms with E-state index in [1.807, 2.05) is 6.07 Å². The summed E-state index contributed by atoms with van der Waals surface area (Å²) in [7, 11) is 1.39. The predicted octanol–water partition coefficient (Wildman–Crippen LogP) is 0.970. The lowest BCUT2D eigenvalue weighted by Gasteiger charge is -2.25. The Hall–Kier alpha value is -1.55. The molecule has 1 atom stereocenters. The molecular weight excluding hydrogens is 206 g/mol. The van der Waals surface area contributed by atoms with E-state index in [1.54, 1.807) is 12.1 Å². The van der Waals surface area contributed by atoms with Crippen molar-refractivity contribution in [2.45, 2.75) is 25.4 Å². The van der Waals surface area contributed by atoms with Crippen LogP contribution in [0, 0.1) is 0 Å². The van der Waals surface area contributed by atoms with E-state index in [2.05, 4.69) is 10.1 Å². The second-order valence-corrected chi connectivity index (χ2v) is 4.02. The van der Waals surface area contributed by atoms with Crippen molar-refractivity contribution in [3.05, 3.63) is 29.3 Å². The molecule has 0 saturated heterocycles. The summed E-state index contributed by atoms with van der Waals surface area (Å²) < 4.78 is 4.64. The van der Waals surface area contributed by atoms with Crippen LogP contribution in [-0.2, 0) is 22.5 Å². The summed E-state index contributed by atoms with van der Waals surface area (Å²) in [6.07, 6.45) is 1.12. The number of fused-ring (bicyclic) bond motifs is 1. The molecule has 2 rings (SSSR count). The average molecular weight is 221 g/mol. The average Bonchev–Trinajstić information content (AvgIpc) is 2.28. The van der Waals surface area contributed by atoms with Crippen LogP contribution in [0.4, 0.5) is 0 Å². The first kappa shape index (κ1) is 11.0. The minimum absolute atomic E-state index is 0.0988. The Balaban J connectivity index is 2.08. The molecule has 0 bridgehead atoms.